The van der Waals surface area contributed by atoms with Crippen LogP contribution in [0.25, 0.3) is 0 Å². The largest absolute Gasteiger partial charge is 0.464 e. The summed E-state index contributed by atoms with van der Waals surface area (Å²) in [7, 11) is 1.49. The van der Waals surface area contributed by atoms with Crippen LogP contribution in [0.4, 0.5) is 0 Å². The molecule has 0 radical (unpaired) electrons. The van der Waals surface area contributed by atoms with Crippen LogP contribution < -0.4 is 5.32 Å². The number of nitrogens with one attached hydrogen (secondary N) is 1. The first kappa shape index (κ1) is 15.7. The molecule has 0 bridgehead atoms. The Morgan fingerprint density at radius 1 is 1.16 bits per heavy atom. The SMILES string of the molecule is COCC(=O)OCCCCCNCc1ccccc1. The fourth-order valence-electron chi connectivity index (χ4n) is 1.70. The van der Waals surface area contributed by atoms with Crippen molar-refractivity contribution >= 4 is 5.97 Å². The molecule has 0 aromatic heterocycles. The van der Waals surface area contributed by atoms with Crippen molar-refractivity contribution in [2.75, 3.05) is 26.9 Å². The number of methoxy groups -OCH3 is 1. The maximum absolute atomic E-state index is 11.0. The van der Waals surface area contributed by atoms with Crippen LogP contribution in [0.5, 0.6) is 0 Å². The average Bonchev–Trinajstić information content (AvgIpc) is 2.43. The molecular weight excluding hydrogens is 242 g/mol. The summed E-state index contributed by atoms with van der Waals surface area (Å²) in [5, 5.41) is 3.39. The van der Waals surface area contributed by atoms with Crippen LogP contribution in [0.1, 0.15) is 24.8 Å². The lowest BCUT2D eigenvalue weighted by Crippen LogP contribution is -2.15. The van der Waals surface area contributed by atoms with Crippen molar-refractivity contribution in [3.8, 4) is 0 Å². The second kappa shape index (κ2) is 10.5. The number of rotatable bonds is 10. The van der Waals surface area contributed by atoms with Gasteiger partial charge in [0.15, 0.2) is 0 Å². The normalized spacial score (nSPS) is 10.4. The van der Waals surface area contributed by atoms with Gasteiger partial charge in [0.1, 0.15) is 6.61 Å². The molecule has 1 N–H and O–H groups in total. The summed E-state index contributed by atoms with van der Waals surface area (Å²) in [5.41, 5.74) is 1.30. The van der Waals surface area contributed by atoms with Crippen molar-refractivity contribution in [1.29, 1.82) is 0 Å². The molecule has 1 aromatic rings. The summed E-state index contributed by atoms with van der Waals surface area (Å²) in [5.74, 6) is -0.287. The predicted octanol–water partition coefficient (Wildman–Crippen LogP) is 2.14. The first-order chi connectivity index (χ1) is 9.33. The van der Waals surface area contributed by atoms with Crippen molar-refractivity contribution in [2.45, 2.75) is 25.8 Å². The second-order valence-corrected chi connectivity index (χ2v) is 4.38. The van der Waals surface area contributed by atoms with Gasteiger partial charge in [-0.05, 0) is 31.4 Å². The van der Waals surface area contributed by atoms with Gasteiger partial charge in [0, 0.05) is 13.7 Å². The average molecular weight is 265 g/mol. The molecule has 1 rings (SSSR count). The standard InChI is InChI=1S/C15H23NO3/c1-18-13-15(17)19-11-7-3-6-10-16-12-14-8-4-2-5-9-14/h2,4-5,8-9,16H,3,6-7,10-13H2,1H3. The molecule has 106 valence electrons. The molecule has 1 aromatic carbocycles. The minimum absolute atomic E-state index is 0.0403. The molecule has 0 aliphatic rings. The lowest BCUT2D eigenvalue weighted by molar-refractivity contribution is -0.148. The molecule has 0 aliphatic heterocycles. The zero-order valence-electron chi connectivity index (χ0n) is 11.6. The molecule has 4 nitrogen and oxygen atoms in total. The number of ether oxygens (including phenoxy) is 2. The van der Waals surface area contributed by atoms with E-state index in [2.05, 4.69) is 22.2 Å². The van der Waals surface area contributed by atoms with Gasteiger partial charge in [-0.1, -0.05) is 30.3 Å². The van der Waals surface area contributed by atoms with Crippen molar-refractivity contribution in [1.82, 2.24) is 5.32 Å². The van der Waals surface area contributed by atoms with E-state index in [4.69, 9.17) is 4.74 Å². The van der Waals surface area contributed by atoms with Gasteiger partial charge in [-0.2, -0.15) is 0 Å². The van der Waals surface area contributed by atoms with E-state index in [1.807, 2.05) is 18.2 Å². The minimum Gasteiger partial charge on any atom is -0.464 e. The molecule has 0 unspecified atom stereocenters. The van der Waals surface area contributed by atoms with E-state index in [1.165, 1.54) is 12.7 Å². The lowest BCUT2D eigenvalue weighted by atomic mass is 10.2. The van der Waals surface area contributed by atoms with Gasteiger partial charge in [-0.3, -0.25) is 0 Å². The molecule has 0 spiro atoms. The van der Waals surface area contributed by atoms with Crippen molar-refractivity contribution in [3.05, 3.63) is 35.9 Å². The summed E-state index contributed by atoms with van der Waals surface area (Å²) in [6.07, 6.45) is 3.05. The number of hydrogen-bond donors (Lipinski definition) is 1. The molecular formula is C15H23NO3. The third kappa shape index (κ3) is 8.35. The smallest absolute Gasteiger partial charge is 0.332 e. The number of esters is 1. The van der Waals surface area contributed by atoms with Gasteiger partial charge >= 0.3 is 5.97 Å². The van der Waals surface area contributed by atoms with Gasteiger partial charge in [-0.15, -0.1) is 0 Å². The Labute approximate surface area is 115 Å². The Balaban J connectivity index is 1.88. The van der Waals surface area contributed by atoms with Crippen LogP contribution in [0, 0.1) is 0 Å². The Hall–Kier alpha value is -1.39. The third-order valence-electron chi connectivity index (χ3n) is 2.70. The first-order valence-electron chi connectivity index (χ1n) is 6.72. The van der Waals surface area contributed by atoms with Crippen LogP contribution >= 0.6 is 0 Å². The highest BCUT2D eigenvalue weighted by atomic mass is 16.6. The van der Waals surface area contributed by atoms with Crippen LogP contribution in [0.15, 0.2) is 30.3 Å². The quantitative estimate of drug-likeness (QED) is 0.520. The van der Waals surface area contributed by atoms with Crippen molar-refractivity contribution in [3.63, 3.8) is 0 Å². The van der Waals surface area contributed by atoms with Crippen molar-refractivity contribution < 1.29 is 14.3 Å². The van der Waals surface area contributed by atoms with Gasteiger partial charge in [0.05, 0.1) is 6.61 Å². The van der Waals surface area contributed by atoms with Gasteiger partial charge < -0.3 is 14.8 Å². The molecule has 0 amide bonds. The Bertz CT molecular complexity index is 341. The van der Waals surface area contributed by atoms with E-state index >= 15 is 0 Å². The number of unbranched alkanes of at least 4 members (excludes halogenated alkanes) is 2. The minimum atomic E-state index is -0.287. The highest BCUT2D eigenvalue weighted by molar-refractivity contribution is 5.70. The molecule has 0 aliphatic carbocycles. The maximum atomic E-state index is 11.0. The number of benzene rings is 1. The molecule has 0 atom stereocenters. The zero-order valence-corrected chi connectivity index (χ0v) is 11.6. The highest BCUT2D eigenvalue weighted by Gasteiger charge is 2.00. The molecule has 0 fully saturated rings. The summed E-state index contributed by atoms with van der Waals surface area (Å²) >= 11 is 0. The first-order valence-corrected chi connectivity index (χ1v) is 6.72. The molecule has 0 saturated carbocycles. The Morgan fingerprint density at radius 2 is 1.95 bits per heavy atom. The summed E-state index contributed by atoms with van der Waals surface area (Å²) in [4.78, 5) is 11.0. The fraction of sp³-hybridized carbons (Fsp3) is 0.533. The molecule has 0 saturated heterocycles. The lowest BCUT2D eigenvalue weighted by Gasteiger charge is -2.06. The van der Waals surface area contributed by atoms with Gasteiger partial charge in [0.25, 0.3) is 0 Å². The maximum Gasteiger partial charge on any atom is 0.332 e. The van der Waals surface area contributed by atoms with E-state index in [0.717, 1.165) is 32.4 Å². The summed E-state index contributed by atoms with van der Waals surface area (Å²) < 4.78 is 9.65. The fourth-order valence-corrected chi connectivity index (χ4v) is 1.70. The van der Waals surface area contributed by atoms with E-state index in [1.54, 1.807) is 0 Å². The Kier molecular flexibility index (Phi) is 8.68. The van der Waals surface area contributed by atoms with Crippen LogP contribution in [0.2, 0.25) is 0 Å². The number of hydrogen-bond acceptors (Lipinski definition) is 4. The second-order valence-electron chi connectivity index (χ2n) is 4.38. The topological polar surface area (TPSA) is 47.6 Å². The molecule has 19 heavy (non-hydrogen) atoms. The van der Waals surface area contributed by atoms with E-state index in [0.29, 0.717) is 6.61 Å². The van der Waals surface area contributed by atoms with Crippen molar-refractivity contribution in [2.24, 2.45) is 0 Å². The van der Waals surface area contributed by atoms with E-state index in [-0.39, 0.29) is 12.6 Å². The summed E-state index contributed by atoms with van der Waals surface area (Å²) in [6.45, 7) is 2.42. The zero-order chi connectivity index (χ0) is 13.8. The number of carbonyl (C=O) groups excluding carboxylic acids is 1. The van der Waals surface area contributed by atoms with E-state index < -0.39 is 0 Å². The van der Waals surface area contributed by atoms with E-state index in [9.17, 15) is 4.79 Å². The third-order valence-corrected chi connectivity index (χ3v) is 2.70. The van der Waals surface area contributed by atoms with Crippen LogP contribution in [-0.4, -0.2) is 32.8 Å². The Morgan fingerprint density at radius 3 is 2.68 bits per heavy atom. The molecule has 0 heterocycles. The van der Waals surface area contributed by atoms with Crippen LogP contribution in [0.3, 0.4) is 0 Å². The number of carbonyl (C=O) groups is 1. The van der Waals surface area contributed by atoms with Crippen LogP contribution in [-0.2, 0) is 20.8 Å². The van der Waals surface area contributed by atoms with Gasteiger partial charge in [-0.25, -0.2) is 4.79 Å². The predicted molar refractivity (Wildman–Crippen MR) is 74.8 cm³/mol. The van der Waals surface area contributed by atoms with Gasteiger partial charge in [0.2, 0.25) is 0 Å². The highest BCUT2D eigenvalue weighted by Crippen LogP contribution is 1.99. The molecule has 4 heteroatoms. The monoisotopic (exact) mass is 265 g/mol. The summed E-state index contributed by atoms with van der Waals surface area (Å²) in [6, 6.07) is 10.3.